The molecule has 2 aromatic rings. The van der Waals surface area contributed by atoms with Crippen molar-refractivity contribution in [2.45, 2.75) is 45.8 Å². The molecule has 3 rings (SSSR count). The molecule has 20 heavy (non-hydrogen) atoms. The van der Waals surface area contributed by atoms with E-state index in [2.05, 4.69) is 24.9 Å². The van der Waals surface area contributed by atoms with Crippen LogP contribution in [0.5, 0.6) is 11.5 Å². The van der Waals surface area contributed by atoms with Crippen LogP contribution in [0.25, 0.3) is 0 Å². The van der Waals surface area contributed by atoms with E-state index >= 15 is 0 Å². The molecule has 0 atom stereocenters. The normalized spacial score (nSPS) is 16.4. The van der Waals surface area contributed by atoms with E-state index in [1.807, 2.05) is 19.1 Å². The monoisotopic (exact) mass is 273 g/mol. The van der Waals surface area contributed by atoms with E-state index < -0.39 is 0 Å². The van der Waals surface area contributed by atoms with E-state index in [0.29, 0.717) is 12.5 Å². The number of nitrogens with zero attached hydrogens (tertiary/aromatic N) is 1. The Morgan fingerprint density at radius 1 is 1.35 bits per heavy atom. The number of hydrogen-bond acceptors (Lipinski definition) is 4. The number of rotatable bonds is 3. The molecule has 0 fully saturated rings. The van der Waals surface area contributed by atoms with E-state index in [-0.39, 0.29) is 5.60 Å². The summed E-state index contributed by atoms with van der Waals surface area (Å²) in [6.45, 7) is 6.45. The lowest BCUT2D eigenvalue weighted by Gasteiger charge is -2.32. The molecule has 1 aliphatic heterocycles. The highest BCUT2D eigenvalue weighted by Crippen LogP contribution is 2.35. The van der Waals surface area contributed by atoms with Crippen LogP contribution >= 0.6 is 0 Å². The third kappa shape index (κ3) is 2.79. The molecule has 0 bridgehead atoms. The first-order valence-electron chi connectivity index (χ1n) is 6.88. The highest BCUT2D eigenvalue weighted by Gasteiger charge is 2.26. The third-order valence-electron chi connectivity index (χ3n) is 3.47. The minimum Gasteiger partial charge on any atom is -0.487 e. The lowest BCUT2D eigenvalue weighted by atomic mass is 9.94. The van der Waals surface area contributed by atoms with Crippen LogP contribution in [0.3, 0.4) is 0 Å². The van der Waals surface area contributed by atoms with Gasteiger partial charge in [0.15, 0.2) is 5.89 Å². The van der Waals surface area contributed by atoms with Crippen molar-refractivity contribution in [3.63, 3.8) is 0 Å². The molecule has 4 nitrogen and oxygen atoms in total. The maximum absolute atomic E-state index is 6.00. The highest BCUT2D eigenvalue weighted by molar-refractivity contribution is 5.42. The van der Waals surface area contributed by atoms with Crippen LogP contribution in [-0.2, 0) is 13.0 Å². The lowest BCUT2D eigenvalue weighted by molar-refractivity contribution is 0.0842. The van der Waals surface area contributed by atoms with E-state index in [1.165, 1.54) is 5.56 Å². The second-order valence-electron chi connectivity index (χ2n) is 5.78. The number of aryl methyl sites for hydroxylation is 2. The molecule has 0 amide bonds. The summed E-state index contributed by atoms with van der Waals surface area (Å²) in [4.78, 5) is 4.21. The van der Waals surface area contributed by atoms with E-state index in [4.69, 9.17) is 13.9 Å². The van der Waals surface area contributed by atoms with Crippen molar-refractivity contribution in [1.82, 2.24) is 4.98 Å². The standard InChI is InChI=1S/C16H19NO3/c1-11-17-13(9-18-11)10-19-14-5-4-12-6-7-16(2,3)20-15(12)8-14/h4-5,8-9H,6-7,10H2,1-3H3. The Morgan fingerprint density at radius 2 is 2.20 bits per heavy atom. The molecule has 0 saturated carbocycles. The van der Waals surface area contributed by atoms with E-state index in [0.717, 1.165) is 30.0 Å². The smallest absolute Gasteiger partial charge is 0.191 e. The van der Waals surface area contributed by atoms with E-state index in [9.17, 15) is 0 Å². The van der Waals surface area contributed by atoms with Crippen LogP contribution in [0.1, 0.15) is 37.4 Å². The van der Waals surface area contributed by atoms with Crippen LogP contribution in [-0.4, -0.2) is 10.6 Å². The average Bonchev–Trinajstić information content (AvgIpc) is 2.80. The van der Waals surface area contributed by atoms with Gasteiger partial charge in [-0.25, -0.2) is 4.98 Å². The maximum Gasteiger partial charge on any atom is 0.191 e. The molecule has 0 spiro atoms. The van der Waals surface area contributed by atoms with Gasteiger partial charge in [-0.3, -0.25) is 0 Å². The van der Waals surface area contributed by atoms with Gasteiger partial charge in [0.25, 0.3) is 0 Å². The molecule has 1 aromatic heterocycles. The Balaban J connectivity index is 1.72. The van der Waals surface area contributed by atoms with E-state index in [1.54, 1.807) is 6.26 Å². The van der Waals surface area contributed by atoms with Crippen molar-refractivity contribution in [2.24, 2.45) is 0 Å². The molecule has 0 saturated heterocycles. The highest BCUT2D eigenvalue weighted by atomic mass is 16.5. The third-order valence-corrected chi connectivity index (χ3v) is 3.47. The molecule has 0 N–H and O–H groups in total. The molecule has 0 aliphatic carbocycles. The van der Waals surface area contributed by atoms with Gasteiger partial charge in [0.2, 0.25) is 0 Å². The second-order valence-corrected chi connectivity index (χ2v) is 5.78. The van der Waals surface area contributed by atoms with Crippen molar-refractivity contribution in [3.8, 4) is 11.5 Å². The lowest BCUT2D eigenvalue weighted by Crippen LogP contribution is -2.32. The number of fused-ring (bicyclic) bond motifs is 1. The first-order chi connectivity index (χ1) is 9.52. The van der Waals surface area contributed by atoms with Crippen LogP contribution in [0.4, 0.5) is 0 Å². The molecule has 1 aromatic carbocycles. The maximum atomic E-state index is 6.00. The Morgan fingerprint density at radius 3 is 2.95 bits per heavy atom. The van der Waals surface area contributed by atoms with Crippen molar-refractivity contribution in [3.05, 3.63) is 41.6 Å². The van der Waals surface area contributed by atoms with Crippen LogP contribution in [0.2, 0.25) is 0 Å². The molecule has 0 radical (unpaired) electrons. The zero-order chi connectivity index (χ0) is 14.2. The van der Waals surface area contributed by atoms with Gasteiger partial charge in [-0.05, 0) is 38.3 Å². The fourth-order valence-corrected chi connectivity index (χ4v) is 2.34. The predicted octanol–water partition coefficient (Wildman–Crippen LogP) is 3.67. The van der Waals surface area contributed by atoms with Crippen molar-refractivity contribution >= 4 is 0 Å². The fraction of sp³-hybridized carbons (Fsp3) is 0.438. The topological polar surface area (TPSA) is 44.5 Å². The Labute approximate surface area is 118 Å². The second kappa shape index (κ2) is 4.85. The molecular formula is C16H19NO3. The van der Waals surface area contributed by atoms with Crippen molar-refractivity contribution in [1.29, 1.82) is 0 Å². The fourth-order valence-electron chi connectivity index (χ4n) is 2.34. The van der Waals surface area contributed by atoms with Crippen molar-refractivity contribution < 1.29 is 13.9 Å². The number of ether oxygens (including phenoxy) is 2. The summed E-state index contributed by atoms with van der Waals surface area (Å²) >= 11 is 0. The van der Waals surface area contributed by atoms with Gasteiger partial charge in [0.1, 0.15) is 35.7 Å². The van der Waals surface area contributed by atoms with Gasteiger partial charge in [-0.2, -0.15) is 0 Å². The average molecular weight is 273 g/mol. The van der Waals surface area contributed by atoms with Crippen LogP contribution in [0, 0.1) is 6.92 Å². The Bertz CT molecular complexity index is 616. The number of aromatic nitrogens is 1. The van der Waals surface area contributed by atoms with Crippen LogP contribution < -0.4 is 9.47 Å². The summed E-state index contributed by atoms with van der Waals surface area (Å²) < 4.78 is 16.9. The molecular weight excluding hydrogens is 254 g/mol. The Kier molecular flexibility index (Phi) is 3.16. The summed E-state index contributed by atoms with van der Waals surface area (Å²) in [6, 6.07) is 6.02. The minimum absolute atomic E-state index is 0.102. The largest absolute Gasteiger partial charge is 0.487 e. The van der Waals surface area contributed by atoms with Gasteiger partial charge in [-0.15, -0.1) is 0 Å². The summed E-state index contributed by atoms with van der Waals surface area (Å²) in [6.07, 6.45) is 3.71. The summed E-state index contributed by atoms with van der Waals surface area (Å²) in [5, 5.41) is 0. The molecule has 106 valence electrons. The summed E-state index contributed by atoms with van der Waals surface area (Å²) in [7, 11) is 0. The van der Waals surface area contributed by atoms with Gasteiger partial charge >= 0.3 is 0 Å². The molecule has 2 heterocycles. The van der Waals surface area contributed by atoms with Gasteiger partial charge in [0, 0.05) is 13.0 Å². The SMILES string of the molecule is Cc1nc(COc2ccc3c(c2)OC(C)(C)CC3)co1. The van der Waals surface area contributed by atoms with Gasteiger partial charge in [0.05, 0.1) is 0 Å². The zero-order valence-electron chi connectivity index (χ0n) is 12.1. The molecule has 1 aliphatic rings. The first kappa shape index (κ1) is 13.0. The Hall–Kier alpha value is -1.97. The molecule has 4 heteroatoms. The van der Waals surface area contributed by atoms with Gasteiger partial charge < -0.3 is 13.9 Å². The van der Waals surface area contributed by atoms with Crippen molar-refractivity contribution in [2.75, 3.05) is 0 Å². The first-order valence-corrected chi connectivity index (χ1v) is 6.88. The quantitative estimate of drug-likeness (QED) is 0.856. The van der Waals surface area contributed by atoms with Crippen LogP contribution in [0.15, 0.2) is 28.9 Å². The number of oxazole rings is 1. The van der Waals surface area contributed by atoms with Gasteiger partial charge in [-0.1, -0.05) is 6.07 Å². The summed E-state index contributed by atoms with van der Waals surface area (Å²) in [5.74, 6) is 2.37. The predicted molar refractivity (Wildman–Crippen MR) is 75.0 cm³/mol. The number of hydrogen-bond donors (Lipinski definition) is 0. The zero-order valence-corrected chi connectivity index (χ0v) is 12.1. The molecule has 0 unspecified atom stereocenters. The number of benzene rings is 1. The minimum atomic E-state index is -0.102. The summed E-state index contributed by atoms with van der Waals surface area (Å²) in [5.41, 5.74) is 1.94.